The summed E-state index contributed by atoms with van der Waals surface area (Å²) < 4.78 is 0. The molecule has 0 saturated heterocycles. The molecule has 3 rings (SSSR count). The maximum Gasteiger partial charge on any atom is 0.336 e. The number of para-hydroxylation sites is 1. The molecule has 0 unspecified atom stereocenters. The van der Waals surface area contributed by atoms with Gasteiger partial charge in [-0.1, -0.05) is 63.2 Å². The number of pyridine rings is 1. The van der Waals surface area contributed by atoms with Gasteiger partial charge in [0.1, 0.15) is 0 Å². The second-order valence-corrected chi connectivity index (χ2v) is 7.11. The number of benzene rings is 2. The molecule has 0 fully saturated rings. The predicted octanol–water partition coefficient (Wildman–Crippen LogP) is 5.21. The number of rotatable bonds is 2. The summed E-state index contributed by atoms with van der Waals surface area (Å²) in [5.41, 5.74) is 4.72. The number of hydrogen-bond donors (Lipinski definition) is 1. The van der Waals surface area contributed by atoms with Crippen LogP contribution in [-0.2, 0) is 5.41 Å². The molecule has 0 spiro atoms. The van der Waals surface area contributed by atoms with E-state index in [1.54, 1.807) is 0 Å². The van der Waals surface area contributed by atoms with E-state index in [1.807, 2.05) is 43.3 Å². The van der Waals surface area contributed by atoms with Crippen molar-refractivity contribution in [3.63, 3.8) is 0 Å². The summed E-state index contributed by atoms with van der Waals surface area (Å²) in [4.78, 5) is 16.5. The van der Waals surface area contributed by atoms with E-state index in [1.165, 1.54) is 5.56 Å². The van der Waals surface area contributed by atoms with Gasteiger partial charge in [0.25, 0.3) is 0 Å². The van der Waals surface area contributed by atoms with E-state index in [-0.39, 0.29) is 5.41 Å². The molecule has 0 atom stereocenters. The summed E-state index contributed by atoms with van der Waals surface area (Å²) in [7, 11) is 0. The van der Waals surface area contributed by atoms with Crippen molar-refractivity contribution in [3.05, 3.63) is 65.2 Å². The third kappa shape index (κ3) is 2.78. The van der Waals surface area contributed by atoms with Crippen LogP contribution < -0.4 is 0 Å². The molecule has 0 aliphatic rings. The minimum absolute atomic E-state index is 0.0800. The molecule has 24 heavy (non-hydrogen) atoms. The van der Waals surface area contributed by atoms with Crippen molar-refractivity contribution in [2.24, 2.45) is 0 Å². The molecule has 1 heterocycles. The standard InChI is InChI=1S/C21H21NO2/c1-13-18(20(23)24)16-7-5-6-8-17(16)22-19(13)14-9-11-15(12-10-14)21(2,3)4/h5-12H,1-4H3,(H,23,24). The van der Waals surface area contributed by atoms with Gasteiger partial charge in [0.15, 0.2) is 0 Å². The number of aromatic nitrogens is 1. The summed E-state index contributed by atoms with van der Waals surface area (Å²) >= 11 is 0. The van der Waals surface area contributed by atoms with Crippen LogP contribution in [0.4, 0.5) is 0 Å². The highest BCUT2D eigenvalue weighted by Crippen LogP contribution is 2.31. The quantitative estimate of drug-likeness (QED) is 0.705. The van der Waals surface area contributed by atoms with E-state index in [0.717, 1.165) is 11.3 Å². The van der Waals surface area contributed by atoms with Crippen molar-refractivity contribution in [3.8, 4) is 11.3 Å². The number of nitrogens with zero attached hydrogens (tertiary/aromatic N) is 1. The fraction of sp³-hybridized carbons (Fsp3) is 0.238. The molecule has 3 heteroatoms. The Morgan fingerprint density at radius 2 is 1.62 bits per heavy atom. The summed E-state index contributed by atoms with van der Waals surface area (Å²) in [6.45, 7) is 8.34. The second kappa shape index (κ2) is 5.75. The number of carbonyl (C=O) groups is 1. The zero-order valence-corrected chi connectivity index (χ0v) is 14.4. The lowest BCUT2D eigenvalue weighted by atomic mass is 9.86. The predicted molar refractivity (Wildman–Crippen MR) is 97.6 cm³/mol. The van der Waals surface area contributed by atoms with Gasteiger partial charge in [-0.25, -0.2) is 9.78 Å². The molecule has 0 bridgehead atoms. The zero-order valence-electron chi connectivity index (χ0n) is 14.4. The Bertz CT molecular complexity index is 919. The highest BCUT2D eigenvalue weighted by Gasteiger charge is 2.19. The van der Waals surface area contributed by atoms with E-state index >= 15 is 0 Å². The maximum absolute atomic E-state index is 11.8. The summed E-state index contributed by atoms with van der Waals surface area (Å²) in [5.74, 6) is -0.918. The van der Waals surface area contributed by atoms with Gasteiger partial charge in [-0.2, -0.15) is 0 Å². The van der Waals surface area contributed by atoms with Gasteiger partial charge in [-0.3, -0.25) is 0 Å². The van der Waals surface area contributed by atoms with Gasteiger partial charge in [0.2, 0.25) is 0 Å². The molecule has 0 radical (unpaired) electrons. The minimum atomic E-state index is -0.918. The van der Waals surface area contributed by atoms with E-state index < -0.39 is 5.97 Å². The monoisotopic (exact) mass is 319 g/mol. The van der Waals surface area contributed by atoms with Crippen LogP contribution in [0.5, 0.6) is 0 Å². The minimum Gasteiger partial charge on any atom is -0.478 e. The lowest BCUT2D eigenvalue weighted by molar-refractivity contribution is 0.0698. The fourth-order valence-electron chi connectivity index (χ4n) is 2.99. The van der Waals surface area contributed by atoms with Crippen molar-refractivity contribution in [2.45, 2.75) is 33.1 Å². The van der Waals surface area contributed by atoms with E-state index in [4.69, 9.17) is 4.98 Å². The summed E-state index contributed by atoms with van der Waals surface area (Å²) in [6, 6.07) is 15.6. The normalized spacial score (nSPS) is 11.7. The van der Waals surface area contributed by atoms with Gasteiger partial charge in [0, 0.05) is 10.9 Å². The van der Waals surface area contributed by atoms with Crippen molar-refractivity contribution >= 4 is 16.9 Å². The summed E-state index contributed by atoms with van der Waals surface area (Å²) in [6.07, 6.45) is 0. The maximum atomic E-state index is 11.8. The molecule has 0 aliphatic carbocycles. The Labute approximate surface area is 142 Å². The van der Waals surface area contributed by atoms with Crippen LogP contribution in [-0.4, -0.2) is 16.1 Å². The third-order valence-corrected chi connectivity index (χ3v) is 4.37. The fourth-order valence-corrected chi connectivity index (χ4v) is 2.99. The highest BCUT2D eigenvalue weighted by atomic mass is 16.4. The van der Waals surface area contributed by atoms with Crippen molar-refractivity contribution in [1.29, 1.82) is 0 Å². The van der Waals surface area contributed by atoms with Gasteiger partial charge in [0.05, 0.1) is 16.8 Å². The smallest absolute Gasteiger partial charge is 0.336 e. The average Bonchev–Trinajstić information content (AvgIpc) is 2.53. The van der Waals surface area contributed by atoms with Crippen molar-refractivity contribution in [1.82, 2.24) is 4.98 Å². The molecular formula is C21H21NO2. The van der Waals surface area contributed by atoms with Crippen LogP contribution >= 0.6 is 0 Å². The van der Waals surface area contributed by atoms with Crippen LogP contribution in [0.25, 0.3) is 22.2 Å². The molecule has 122 valence electrons. The number of carboxylic acids is 1. The Morgan fingerprint density at radius 3 is 2.21 bits per heavy atom. The molecule has 1 N–H and O–H groups in total. The Hall–Kier alpha value is -2.68. The first-order valence-electron chi connectivity index (χ1n) is 8.02. The number of carboxylic acid groups (broad SMARTS) is 1. The van der Waals surface area contributed by atoms with Crippen molar-refractivity contribution < 1.29 is 9.90 Å². The Balaban J connectivity index is 2.23. The molecule has 0 aliphatic heterocycles. The first-order valence-corrected chi connectivity index (χ1v) is 8.02. The number of hydrogen-bond acceptors (Lipinski definition) is 2. The SMILES string of the molecule is Cc1c(-c2ccc(C(C)(C)C)cc2)nc2ccccc2c1C(=O)O. The average molecular weight is 319 g/mol. The Kier molecular flexibility index (Phi) is 3.88. The van der Waals surface area contributed by atoms with E-state index in [0.29, 0.717) is 22.0 Å². The highest BCUT2D eigenvalue weighted by molar-refractivity contribution is 6.05. The van der Waals surface area contributed by atoms with Crippen molar-refractivity contribution in [2.75, 3.05) is 0 Å². The van der Waals surface area contributed by atoms with E-state index in [2.05, 4.69) is 32.9 Å². The van der Waals surface area contributed by atoms with Crippen LogP contribution in [0.1, 0.15) is 42.3 Å². The van der Waals surface area contributed by atoms with Gasteiger partial charge >= 0.3 is 5.97 Å². The van der Waals surface area contributed by atoms with Crippen LogP contribution in [0.15, 0.2) is 48.5 Å². The van der Waals surface area contributed by atoms with Crippen LogP contribution in [0, 0.1) is 6.92 Å². The molecule has 3 nitrogen and oxygen atoms in total. The lowest BCUT2D eigenvalue weighted by Gasteiger charge is -2.19. The van der Waals surface area contributed by atoms with Crippen LogP contribution in [0.3, 0.4) is 0 Å². The van der Waals surface area contributed by atoms with Crippen LogP contribution in [0.2, 0.25) is 0 Å². The molecule has 1 aromatic heterocycles. The first kappa shape index (κ1) is 16.2. The largest absolute Gasteiger partial charge is 0.478 e. The molecule has 3 aromatic rings. The lowest BCUT2D eigenvalue weighted by Crippen LogP contribution is -2.10. The van der Waals surface area contributed by atoms with Gasteiger partial charge < -0.3 is 5.11 Å². The second-order valence-electron chi connectivity index (χ2n) is 7.11. The van der Waals surface area contributed by atoms with Gasteiger partial charge in [-0.05, 0) is 29.5 Å². The number of aromatic carboxylic acids is 1. The zero-order chi connectivity index (χ0) is 17.5. The van der Waals surface area contributed by atoms with Gasteiger partial charge in [-0.15, -0.1) is 0 Å². The molecular weight excluding hydrogens is 298 g/mol. The number of fused-ring (bicyclic) bond motifs is 1. The molecule has 0 saturated carbocycles. The summed E-state index contributed by atoms with van der Waals surface area (Å²) in [5, 5.41) is 10.3. The topological polar surface area (TPSA) is 50.2 Å². The first-order chi connectivity index (χ1) is 11.3. The Morgan fingerprint density at radius 1 is 1.00 bits per heavy atom. The molecule has 0 amide bonds. The molecule has 2 aromatic carbocycles. The van der Waals surface area contributed by atoms with E-state index in [9.17, 15) is 9.90 Å². The third-order valence-electron chi connectivity index (χ3n) is 4.37.